The smallest absolute Gasteiger partial charge is 0.307 e. The molecule has 0 aliphatic heterocycles. The first kappa shape index (κ1) is 25.3. The van der Waals surface area contributed by atoms with E-state index in [-0.39, 0.29) is 18.3 Å². The minimum atomic E-state index is -0.242. The molecule has 0 N–H and O–H groups in total. The number of thiophene rings is 1. The number of hydrogen-bond acceptors (Lipinski definition) is 6. The third kappa shape index (κ3) is 5.87. The van der Waals surface area contributed by atoms with Gasteiger partial charge in [0.2, 0.25) is 5.88 Å². The van der Waals surface area contributed by atoms with Gasteiger partial charge in [-0.1, -0.05) is 30.2 Å². The summed E-state index contributed by atoms with van der Waals surface area (Å²) < 4.78 is 17.7. The summed E-state index contributed by atoms with van der Waals surface area (Å²) in [7, 11) is 1.63. The van der Waals surface area contributed by atoms with E-state index >= 15 is 0 Å². The van der Waals surface area contributed by atoms with Crippen LogP contribution in [0.2, 0.25) is 0 Å². The number of methoxy groups -OCH3 is 1. The van der Waals surface area contributed by atoms with E-state index in [1.807, 2.05) is 36.4 Å². The molecule has 1 atom stereocenters. The molecule has 0 spiro atoms. The Bertz CT molecular complexity index is 1410. The Balaban J connectivity index is 1.49. The van der Waals surface area contributed by atoms with E-state index in [1.54, 1.807) is 32.3 Å². The highest BCUT2D eigenvalue weighted by Gasteiger charge is 2.15. The molecule has 0 radical (unpaired) electrons. The maximum atomic E-state index is 11.9. The maximum Gasteiger partial charge on any atom is 0.307 e. The number of fused-ring (bicyclic) bond motifs is 1. The van der Waals surface area contributed by atoms with E-state index < -0.39 is 0 Å². The fourth-order valence-electron chi connectivity index (χ4n) is 4.02. The SMILES string of the molecule is CC#C[C@@H](CC(=O)OCC)c1ccc(OCc2ccc3scc(-c4nc(OC)ccc4C)c3c2)cc1. The fraction of sp³-hybridized carbons (Fsp3) is 0.267. The second kappa shape index (κ2) is 11.7. The van der Waals surface area contributed by atoms with E-state index in [0.717, 1.165) is 39.1 Å². The number of esters is 1. The summed E-state index contributed by atoms with van der Waals surface area (Å²) in [4.78, 5) is 16.6. The van der Waals surface area contributed by atoms with Gasteiger partial charge in [0, 0.05) is 27.1 Å². The Morgan fingerprint density at radius 2 is 1.92 bits per heavy atom. The van der Waals surface area contributed by atoms with Gasteiger partial charge < -0.3 is 14.2 Å². The van der Waals surface area contributed by atoms with Gasteiger partial charge in [0.05, 0.1) is 31.7 Å². The Morgan fingerprint density at radius 3 is 2.64 bits per heavy atom. The van der Waals surface area contributed by atoms with Crippen LogP contribution in [0.15, 0.2) is 60.0 Å². The Labute approximate surface area is 216 Å². The minimum Gasteiger partial charge on any atom is -0.489 e. The molecule has 2 heterocycles. The van der Waals surface area contributed by atoms with Crippen molar-refractivity contribution in [3.8, 4) is 34.7 Å². The summed E-state index contributed by atoms with van der Waals surface area (Å²) in [5, 5.41) is 3.30. The molecule has 4 rings (SSSR count). The summed E-state index contributed by atoms with van der Waals surface area (Å²) in [6.45, 7) is 6.45. The van der Waals surface area contributed by atoms with Crippen LogP contribution in [0, 0.1) is 18.8 Å². The summed E-state index contributed by atoms with van der Waals surface area (Å²) in [5.41, 5.74) is 5.18. The number of pyridine rings is 1. The molecular weight excluding hydrogens is 470 g/mol. The lowest BCUT2D eigenvalue weighted by Crippen LogP contribution is -2.09. The van der Waals surface area contributed by atoms with Crippen molar-refractivity contribution in [3.63, 3.8) is 0 Å². The van der Waals surface area contributed by atoms with Gasteiger partial charge in [-0.2, -0.15) is 0 Å². The average molecular weight is 500 g/mol. The third-order valence-corrected chi connectivity index (χ3v) is 6.82. The monoisotopic (exact) mass is 499 g/mol. The van der Waals surface area contributed by atoms with Gasteiger partial charge in [-0.3, -0.25) is 4.79 Å². The van der Waals surface area contributed by atoms with Gasteiger partial charge in [-0.25, -0.2) is 4.98 Å². The summed E-state index contributed by atoms with van der Waals surface area (Å²) in [5.74, 6) is 6.94. The summed E-state index contributed by atoms with van der Waals surface area (Å²) in [6, 6.07) is 18.1. The molecule has 4 aromatic rings. The van der Waals surface area contributed by atoms with Crippen LogP contribution in [0.5, 0.6) is 11.6 Å². The van der Waals surface area contributed by atoms with Crippen molar-refractivity contribution in [2.24, 2.45) is 0 Å². The van der Waals surface area contributed by atoms with Crippen LogP contribution >= 0.6 is 11.3 Å². The summed E-state index contributed by atoms with van der Waals surface area (Å²) >= 11 is 1.70. The topological polar surface area (TPSA) is 57.7 Å². The van der Waals surface area contributed by atoms with Crippen molar-refractivity contribution in [1.82, 2.24) is 4.98 Å². The van der Waals surface area contributed by atoms with E-state index in [0.29, 0.717) is 19.1 Å². The maximum absolute atomic E-state index is 11.9. The molecule has 5 nitrogen and oxygen atoms in total. The fourth-order valence-corrected chi connectivity index (χ4v) is 4.95. The van der Waals surface area contributed by atoms with Gasteiger partial charge in [0.1, 0.15) is 12.4 Å². The molecule has 184 valence electrons. The lowest BCUT2D eigenvalue weighted by Gasteiger charge is -2.12. The van der Waals surface area contributed by atoms with Crippen LogP contribution in [0.3, 0.4) is 0 Å². The number of hydrogen-bond donors (Lipinski definition) is 0. The molecule has 0 saturated heterocycles. The van der Waals surface area contributed by atoms with Crippen molar-refractivity contribution in [2.75, 3.05) is 13.7 Å². The van der Waals surface area contributed by atoms with Gasteiger partial charge in [0.15, 0.2) is 0 Å². The van der Waals surface area contributed by atoms with Gasteiger partial charge in [0.25, 0.3) is 0 Å². The van der Waals surface area contributed by atoms with Crippen molar-refractivity contribution in [3.05, 3.63) is 76.7 Å². The Morgan fingerprint density at radius 1 is 1.11 bits per heavy atom. The van der Waals surface area contributed by atoms with E-state index in [2.05, 4.69) is 47.3 Å². The van der Waals surface area contributed by atoms with Gasteiger partial charge in [-0.05, 0) is 61.7 Å². The molecule has 2 aromatic carbocycles. The van der Waals surface area contributed by atoms with Crippen LogP contribution in [0.4, 0.5) is 0 Å². The van der Waals surface area contributed by atoms with E-state index in [4.69, 9.17) is 14.2 Å². The number of aromatic nitrogens is 1. The number of carbonyl (C=O) groups excluding carboxylic acids is 1. The molecule has 0 saturated carbocycles. The molecule has 0 bridgehead atoms. The molecule has 6 heteroatoms. The van der Waals surface area contributed by atoms with Crippen LogP contribution < -0.4 is 9.47 Å². The first-order valence-corrected chi connectivity index (χ1v) is 12.7. The molecule has 0 fully saturated rings. The minimum absolute atomic E-state index is 0.198. The van der Waals surface area contributed by atoms with Gasteiger partial charge in [-0.15, -0.1) is 17.3 Å². The number of carbonyl (C=O) groups is 1. The highest BCUT2D eigenvalue weighted by molar-refractivity contribution is 7.17. The van der Waals surface area contributed by atoms with E-state index in [1.165, 1.54) is 4.70 Å². The molecular formula is C30H29NO4S. The highest BCUT2D eigenvalue weighted by Crippen LogP contribution is 2.36. The molecule has 2 aromatic heterocycles. The van der Waals surface area contributed by atoms with Gasteiger partial charge >= 0.3 is 5.97 Å². The van der Waals surface area contributed by atoms with Crippen molar-refractivity contribution < 1.29 is 19.0 Å². The molecule has 0 aliphatic rings. The van der Waals surface area contributed by atoms with Crippen LogP contribution in [0.1, 0.15) is 42.9 Å². The second-order valence-corrected chi connectivity index (χ2v) is 9.22. The average Bonchev–Trinajstić information content (AvgIpc) is 3.31. The lowest BCUT2D eigenvalue weighted by atomic mass is 9.96. The quantitative estimate of drug-likeness (QED) is 0.185. The Hall–Kier alpha value is -3.82. The zero-order valence-corrected chi connectivity index (χ0v) is 21.8. The van der Waals surface area contributed by atoms with Crippen molar-refractivity contribution in [2.45, 2.75) is 39.7 Å². The molecule has 0 unspecified atom stereocenters. The third-order valence-electron chi connectivity index (χ3n) is 5.86. The highest BCUT2D eigenvalue weighted by atomic mass is 32.1. The zero-order valence-electron chi connectivity index (χ0n) is 21.0. The predicted molar refractivity (Wildman–Crippen MR) is 145 cm³/mol. The normalized spacial score (nSPS) is 11.4. The number of nitrogens with zero attached hydrogens (tertiary/aromatic N) is 1. The second-order valence-electron chi connectivity index (χ2n) is 8.31. The Kier molecular flexibility index (Phi) is 8.24. The van der Waals surface area contributed by atoms with Crippen LogP contribution in [-0.4, -0.2) is 24.7 Å². The predicted octanol–water partition coefficient (Wildman–Crippen LogP) is 6.92. The van der Waals surface area contributed by atoms with Crippen LogP contribution in [-0.2, 0) is 16.1 Å². The number of ether oxygens (including phenoxy) is 3. The first-order valence-electron chi connectivity index (χ1n) is 11.8. The molecule has 0 aliphatic carbocycles. The zero-order chi connectivity index (χ0) is 25.5. The lowest BCUT2D eigenvalue weighted by molar-refractivity contribution is -0.143. The standard InChI is InChI=1S/C30H29NO4S/c1-5-7-23(17-29(32)34-6-2)22-10-12-24(13-11-22)35-18-21-9-14-27-25(16-21)26(19-36-27)30-20(3)8-15-28(31-30)33-4/h8-16,19,23H,6,17-18H2,1-4H3/t23-/m0/s1. The summed E-state index contributed by atoms with van der Waals surface area (Å²) in [6.07, 6.45) is 0.236. The van der Waals surface area contributed by atoms with Crippen molar-refractivity contribution >= 4 is 27.4 Å². The molecule has 36 heavy (non-hydrogen) atoms. The number of rotatable bonds is 9. The van der Waals surface area contributed by atoms with E-state index in [9.17, 15) is 4.79 Å². The molecule has 0 amide bonds. The largest absolute Gasteiger partial charge is 0.489 e. The first-order chi connectivity index (χ1) is 17.5. The number of benzene rings is 2. The van der Waals surface area contributed by atoms with Crippen LogP contribution in [0.25, 0.3) is 21.3 Å². The van der Waals surface area contributed by atoms with Crippen molar-refractivity contribution in [1.29, 1.82) is 0 Å². The number of aryl methyl sites for hydroxylation is 1.